The molecule has 0 aliphatic heterocycles. The summed E-state index contributed by atoms with van der Waals surface area (Å²) in [5.74, 6) is 0.716. The summed E-state index contributed by atoms with van der Waals surface area (Å²) in [7, 11) is 2.49. The molecule has 0 aromatic heterocycles. The van der Waals surface area contributed by atoms with Crippen LogP contribution in [-0.4, -0.2) is 48.6 Å². The highest BCUT2D eigenvalue weighted by Gasteiger charge is 2.19. The van der Waals surface area contributed by atoms with Gasteiger partial charge in [-0.05, 0) is 12.5 Å². The summed E-state index contributed by atoms with van der Waals surface area (Å²) in [5, 5.41) is 3.33. The van der Waals surface area contributed by atoms with Crippen molar-refractivity contribution >= 4 is 8.80 Å². The molecule has 0 radical (unpaired) electrons. The SMILES string of the molecule is COC(OC)[SiH](C)CC(C)CNCCN. The van der Waals surface area contributed by atoms with Crippen molar-refractivity contribution in [1.29, 1.82) is 0 Å². The van der Waals surface area contributed by atoms with E-state index < -0.39 is 8.80 Å². The predicted molar refractivity (Wildman–Crippen MR) is 66.7 cm³/mol. The molecule has 3 N–H and O–H groups in total. The molecule has 0 aromatic carbocycles. The maximum Gasteiger partial charge on any atom is 0.137 e. The van der Waals surface area contributed by atoms with Crippen LogP contribution < -0.4 is 11.1 Å². The molecule has 2 atom stereocenters. The molecule has 4 nitrogen and oxygen atoms in total. The minimum absolute atomic E-state index is 0.0435. The van der Waals surface area contributed by atoms with Gasteiger partial charge in [0.15, 0.2) is 0 Å². The molecule has 5 heteroatoms. The van der Waals surface area contributed by atoms with Gasteiger partial charge >= 0.3 is 0 Å². The smallest absolute Gasteiger partial charge is 0.137 e. The molecule has 0 saturated carbocycles. The Hall–Kier alpha value is 0.0569. The van der Waals surface area contributed by atoms with E-state index in [1.807, 2.05) is 0 Å². The van der Waals surface area contributed by atoms with Gasteiger partial charge in [-0.15, -0.1) is 0 Å². The zero-order chi connectivity index (χ0) is 11.7. The van der Waals surface area contributed by atoms with Crippen LogP contribution in [0.2, 0.25) is 12.6 Å². The number of ether oxygens (including phenoxy) is 2. The zero-order valence-corrected chi connectivity index (χ0v) is 11.6. The zero-order valence-electron chi connectivity index (χ0n) is 10.5. The van der Waals surface area contributed by atoms with Crippen LogP contribution in [0.4, 0.5) is 0 Å². The maximum atomic E-state index is 5.41. The van der Waals surface area contributed by atoms with E-state index in [0.717, 1.165) is 13.1 Å². The molecule has 0 aliphatic carbocycles. The monoisotopic (exact) mass is 234 g/mol. The number of nitrogens with two attached hydrogens (primary N) is 1. The van der Waals surface area contributed by atoms with Crippen molar-refractivity contribution in [2.75, 3.05) is 33.9 Å². The second kappa shape index (κ2) is 9.29. The van der Waals surface area contributed by atoms with E-state index in [-0.39, 0.29) is 5.91 Å². The summed E-state index contributed by atoms with van der Waals surface area (Å²) in [4.78, 5) is 0. The molecule has 0 saturated heterocycles. The maximum absolute atomic E-state index is 5.41. The molecule has 0 rings (SSSR count). The fraction of sp³-hybridized carbons (Fsp3) is 1.00. The Morgan fingerprint density at radius 3 is 2.40 bits per heavy atom. The number of hydrogen-bond acceptors (Lipinski definition) is 4. The van der Waals surface area contributed by atoms with Crippen molar-refractivity contribution in [3.63, 3.8) is 0 Å². The molecule has 0 fully saturated rings. The fourth-order valence-electron chi connectivity index (χ4n) is 1.84. The van der Waals surface area contributed by atoms with Gasteiger partial charge in [-0.25, -0.2) is 0 Å². The molecule has 2 unspecified atom stereocenters. The van der Waals surface area contributed by atoms with Gasteiger partial charge in [0.05, 0.1) is 0 Å². The average Bonchev–Trinajstić information content (AvgIpc) is 2.20. The summed E-state index contributed by atoms with van der Waals surface area (Å²) in [6, 6.07) is 1.23. The van der Waals surface area contributed by atoms with E-state index in [2.05, 4.69) is 18.8 Å². The number of nitrogens with one attached hydrogen (secondary N) is 1. The third kappa shape index (κ3) is 7.02. The first-order valence-electron chi connectivity index (χ1n) is 5.62. The number of hydrogen-bond donors (Lipinski definition) is 2. The predicted octanol–water partition coefficient (Wildman–Crippen LogP) is 0.186. The van der Waals surface area contributed by atoms with Crippen LogP contribution in [0.3, 0.4) is 0 Å². The van der Waals surface area contributed by atoms with Gasteiger partial charge in [-0.2, -0.15) is 0 Å². The highest BCUT2D eigenvalue weighted by Crippen LogP contribution is 2.11. The van der Waals surface area contributed by atoms with Crippen LogP contribution in [0.5, 0.6) is 0 Å². The molecule has 0 heterocycles. The van der Waals surface area contributed by atoms with E-state index in [9.17, 15) is 0 Å². The standard InChI is InChI=1S/C10H26N2O2Si/c1-9(7-12-6-5-11)8-15(4)10(13-2)14-3/h9-10,12,15H,5-8,11H2,1-4H3. The lowest BCUT2D eigenvalue weighted by molar-refractivity contribution is -0.0472. The van der Waals surface area contributed by atoms with Crippen LogP contribution in [0.25, 0.3) is 0 Å². The Morgan fingerprint density at radius 1 is 1.33 bits per heavy atom. The lowest BCUT2D eigenvalue weighted by Gasteiger charge is -2.22. The molecule has 0 aliphatic rings. The molecule has 0 aromatic rings. The summed E-state index contributed by atoms with van der Waals surface area (Å²) >= 11 is 0. The van der Waals surface area contributed by atoms with Crippen molar-refractivity contribution < 1.29 is 9.47 Å². The van der Waals surface area contributed by atoms with Gasteiger partial charge in [0.1, 0.15) is 14.7 Å². The molecule has 15 heavy (non-hydrogen) atoms. The minimum Gasteiger partial charge on any atom is -0.360 e. The summed E-state index contributed by atoms with van der Waals surface area (Å²) in [6.45, 7) is 7.19. The van der Waals surface area contributed by atoms with Crippen LogP contribution in [0, 0.1) is 5.92 Å². The summed E-state index contributed by atoms with van der Waals surface area (Å²) in [5.41, 5.74) is 5.41. The fourth-order valence-corrected chi connectivity index (χ4v) is 4.43. The van der Waals surface area contributed by atoms with E-state index in [1.54, 1.807) is 14.2 Å². The normalized spacial score (nSPS) is 15.6. The van der Waals surface area contributed by atoms with Gasteiger partial charge in [0, 0.05) is 27.3 Å². The Kier molecular flexibility index (Phi) is 9.33. The van der Waals surface area contributed by atoms with Crippen molar-refractivity contribution in [3.8, 4) is 0 Å². The Balaban J connectivity index is 3.68. The lowest BCUT2D eigenvalue weighted by atomic mass is 10.2. The highest BCUT2D eigenvalue weighted by molar-refractivity contribution is 6.58. The number of rotatable bonds is 9. The van der Waals surface area contributed by atoms with Crippen molar-refractivity contribution in [2.45, 2.75) is 25.4 Å². The van der Waals surface area contributed by atoms with Crippen LogP contribution in [-0.2, 0) is 9.47 Å². The van der Waals surface area contributed by atoms with Crippen LogP contribution in [0.15, 0.2) is 0 Å². The summed E-state index contributed by atoms with van der Waals surface area (Å²) in [6.07, 6.45) is 0. The third-order valence-corrected chi connectivity index (χ3v) is 5.54. The summed E-state index contributed by atoms with van der Waals surface area (Å²) < 4.78 is 10.6. The van der Waals surface area contributed by atoms with Crippen molar-refractivity contribution in [3.05, 3.63) is 0 Å². The average molecular weight is 234 g/mol. The first kappa shape index (κ1) is 15.1. The molecular weight excluding hydrogens is 208 g/mol. The highest BCUT2D eigenvalue weighted by atomic mass is 28.3. The van der Waals surface area contributed by atoms with Crippen molar-refractivity contribution in [1.82, 2.24) is 5.32 Å². The van der Waals surface area contributed by atoms with Gasteiger partial charge in [-0.1, -0.05) is 19.5 Å². The largest absolute Gasteiger partial charge is 0.360 e. The first-order valence-corrected chi connectivity index (χ1v) is 8.25. The van der Waals surface area contributed by atoms with Crippen molar-refractivity contribution in [2.24, 2.45) is 11.7 Å². The van der Waals surface area contributed by atoms with Gasteiger partial charge in [0.2, 0.25) is 0 Å². The third-order valence-electron chi connectivity index (χ3n) is 2.52. The Morgan fingerprint density at radius 2 is 1.93 bits per heavy atom. The molecular formula is C10H26N2O2Si. The van der Waals surface area contributed by atoms with Gasteiger partial charge in [-0.3, -0.25) is 0 Å². The van der Waals surface area contributed by atoms with E-state index in [1.165, 1.54) is 6.04 Å². The van der Waals surface area contributed by atoms with E-state index >= 15 is 0 Å². The topological polar surface area (TPSA) is 56.5 Å². The number of methoxy groups -OCH3 is 2. The van der Waals surface area contributed by atoms with Crippen LogP contribution >= 0.6 is 0 Å². The van der Waals surface area contributed by atoms with E-state index in [0.29, 0.717) is 12.5 Å². The minimum atomic E-state index is -0.942. The van der Waals surface area contributed by atoms with Gasteiger partial charge < -0.3 is 20.5 Å². The molecule has 0 spiro atoms. The lowest BCUT2D eigenvalue weighted by Crippen LogP contribution is -2.35. The second-order valence-electron chi connectivity index (χ2n) is 4.15. The molecule has 0 bridgehead atoms. The molecule has 0 amide bonds. The quantitative estimate of drug-likeness (QED) is 0.340. The second-order valence-corrected chi connectivity index (χ2v) is 7.12. The van der Waals surface area contributed by atoms with Gasteiger partial charge in [0.25, 0.3) is 0 Å². The van der Waals surface area contributed by atoms with E-state index in [4.69, 9.17) is 15.2 Å². The Bertz CT molecular complexity index is 145. The Labute approximate surface area is 95.1 Å². The molecule has 92 valence electrons. The first-order chi connectivity index (χ1) is 7.15. The van der Waals surface area contributed by atoms with Crippen LogP contribution in [0.1, 0.15) is 6.92 Å².